The third-order valence-electron chi connectivity index (χ3n) is 4.54. The van der Waals surface area contributed by atoms with Crippen molar-refractivity contribution < 1.29 is 9.53 Å². The standard InChI is InChI=1S/C22H22N2O3/c1-15-6-9-18(13-16(15)2)23-21(25)20-5-4-12-24(22(20)26)14-17-7-10-19(27-3)11-8-17/h4-13H,14H2,1-3H3,(H,23,25). The van der Waals surface area contributed by atoms with E-state index in [-0.39, 0.29) is 11.1 Å². The Labute approximate surface area is 158 Å². The molecule has 138 valence electrons. The average Bonchev–Trinajstić information content (AvgIpc) is 2.67. The molecule has 27 heavy (non-hydrogen) atoms. The van der Waals surface area contributed by atoms with E-state index in [0.717, 1.165) is 22.4 Å². The van der Waals surface area contributed by atoms with Crippen LogP contribution >= 0.6 is 0 Å². The molecule has 0 saturated heterocycles. The maximum absolute atomic E-state index is 12.7. The lowest BCUT2D eigenvalue weighted by Gasteiger charge is -2.10. The summed E-state index contributed by atoms with van der Waals surface area (Å²) in [6.45, 7) is 4.37. The Morgan fingerprint density at radius 3 is 2.44 bits per heavy atom. The Morgan fingerprint density at radius 1 is 1.04 bits per heavy atom. The van der Waals surface area contributed by atoms with Gasteiger partial charge in [0.15, 0.2) is 0 Å². The first-order valence-electron chi connectivity index (χ1n) is 8.69. The van der Waals surface area contributed by atoms with Crippen LogP contribution in [-0.2, 0) is 6.54 Å². The molecule has 0 aliphatic heterocycles. The number of aryl methyl sites for hydroxylation is 2. The first-order valence-corrected chi connectivity index (χ1v) is 8.69. The van der Waals surface area contributed by atoms with E-state index in [9.17, 15) is 9.59 Å². The molecular formula is C22H22N2O3. The molecular weight excluding hydrogens is 340 g/mol. The number of methoxy groups -OCH3 is 1. The van der Waals surface area contributed by atoms with Gasteiger partial charge in [-0.15, -0.1) is 0 Å². The number of amides is 1. The molecule has 5 heteroatoms. The van der Waals surface area contributed by atoms with Crippen molar-refractivity contribution in [3.63, 3.8) is 0 Å². The fraction of sp³-hybridized carbons (Fsp3) is 0.182. The monoisotopic (exact) mass is 362 g/mol. The van der Waals surface area contributed by atoms with Gasteiger partial charge in [-0.2, -0.15) is 0 Å². The summed E-state index contributed by atoms with van der Waals surface area (Å²) in [6.07, 6.45) is 1.68. The third kappa shape index (κ3) is 4.26. The van der Waals surface area contributed by atoms with E-state index in [2.05, 4.69) is 5.32 Å². The summed E-state index contributed by atoms with van der Waals surface area (Å²) >= 11 is 0. The molecule has 3 aromatic rings. The number of hydrogen-bond donors (Lipinski definition) is 1. The first-order chi connectivity index (χ1) is 13.0. The van der Waals surface area contributed by atoms with Crippen molar-refractivity contribution in [2.24, 2.45) is 0 Å². The average molecular weight is 362 g/mol. The molecule has 0 fully saturated rings. The predicted molar refractivity (Wildman–Crippen MR) is 107 cm³/mol. The first kappa shape index (κ1) is 18.5. The summed E-state index contributed by atoms with van der Waals surface area (Å²) in [5.74, 6) is 0.347. The molecule has 0 aliphatic carbocycles. The Morgan fingerprint density at radius 2 is 1.78 bits per heavy atom. The fourth-order valence-corrected chi connectivity index (χ4v) is 2.78. The Kier molecular flexibility index (Phi) is 5.41. The number of nitrogens with one attached hydrogen (secondary N) is 1. The molecule has 1 amide bonds. The predicted octanol–water partition coefficient (Wildman–Crippen LogP) is 3.77. The summed E-state index contributed by atoms with van der Waals surface area (Å²) in [5, 5.41) is 2.80. The van der Waals surface area contributed by atoms with Crippen LogP contribution in [0.3, 0.4) is 0 Å². The van der Waals surface area contributed by atoms with Crippen molar-refractivity contribution in [2.75, 3.05) is 12.4 Å². The molecule has 1 heterocycles. The van der Waals surface area contributed by atoms with E-state index in [1.807, 2.05) is 56.3 Å². The molecule has 1 aromatic heterocycles. The highest BCUT2D eigenvalue weighted by atomic mass is 16.5. The van der Waals surface area contributed by atoms with Gasteiger partial charge in [0.05, 0.1) is 13.7 Å². The molecule has 0 radical (unpaired) electrons. The van der Waals surface area contributed by atoms with Gasteiger partial charge in [0.25, 0.3) is 11.5 Å². The topological polar surface area (TPSA) is 60.3 Å². The minimum Gasteiger partial charge on any atom is -0.497 e. The van der Waals surface area contributed by atoms with Crippen LogP contribution in [-0.4, -0.2) is 17.6 Å². The maximum Gasteiger partial charge on any atom is 0.263 e. The molecule has 5 nitrogen and oxygen atoms in total. The minimum absolute atomic E-state index is 0.115. The van der Waals surface area contributed by atoms with Crippen LogP contribution in [0.2, 0.25) is 0 Å². The highest BCUT2D eigenvalue weighted by Gasteiger charge is 2.13. The highest BCUT2D eigenvalue weighted by molar-refractivity contribution is 6.04. The highest BCUT2D eigenvalue weighted by Crippen LogP contribution is 2.15. The van der Waals surface area contributed by atoms with E-state index in [0.29, 0.717) is 12.2 Å². The van der Waals surface area contributed by atoms with Gasteiger partial charge in [-0.3, -0.25) is 9.59 Å². The summed E-state index contributed by atoms with van der Waals surface area (Å²) in [5.41, 5.74) is 3.64. The number of carbonyl (C=O) groups excluding carboxylic acids is 1. The fourth-order valence-electron chi connectivity index (χ4n) is 2.78. The van der Waals surface area contributed by atoms with Crippen molar-refractivity contribution in [1.82, 2.24) is 4.57 Å². The van der Waals surface area contributed by atoms with Gasteiger partial charge in [0, 0.05) is 11.9 Å². The Balaban J connectivity index is 1.81. The van der Waals surface area contributed by atoms with Gasteiger partial charge >= 0.3 is 0 Å². The third-order valence-corrected chi connectivity index (χ3v) is 4.54. The smallest absolute Gasteiger partial charge is 0.263 e. The molecule has 0 atom stereocenters. The quantitative estimate of drug-likeness (QED) is 0.751. The van der Waals surface area contributed by atoms with Crippen LogP contribution < -0.4 is 15.6 Å². The summed E-state index contributed by atoms with van der Waals surface area (Å²) in [6, 6.07) is 16.4. The second kappa shape index (κ2) is 7.91. The van der Waals surface area contributed by atoms with Gasteiger partial charge in [-0.05, 0) is 66.9 Å². The van der Waals surface area contributed by atoms with Crippen molar-refractivity contribution in [2.45, 2.75) is 20.4 Å². The van der Waals surface area contributed by atoms with Gasteiger partial charge < -0.3 is 14.6 Å². The molecule has 2 aromatic carbocycles. The lowest BCUT2D eigenvalue weighted by molar-refractivity contribution is 0.102. The molecule has 3 rings (SSSR count). The van der Waals surface area contributed by atoms with Crippen LogP contribution in [0.25, 0.3) is 0 Å². The Hall–Kier alpha value is -3.34. The number of benzene rings is 2. The van der Waals surface area contributed by atoms with Crippen LogP contribution in [0, 0.1) is 13.8 Å². The van der Waals surface area contributed by atoms with Gasteiger partial charge in [0.2, 0.25) is 0 Å². The second-order valence-corrected chi connectivity index (χ2v) is 6.46. The zero-order valence-corrected chi connectivity index (χ0v) is 15.7. The SMILES string of the molecule is COc1ccc(Cn2cccc(C(=O)Nc3ccc(C)c(C)c3)c2=O)cc1. The molecule has 0 saturated carbocycles. The number of anilines is 1. The van der Waals surface area contributed by atoms with Gasteiger partial charge in [-0.1, -0.05) is 18.2 Å². The van der Waals surface area contributed by atoms with Crippen LogP contribution in [0.1, 0.15) is 27.0 Å². The largest absolute Gasteiger partial charge is 0.497 e. The molecule has 0 spiro atoms. The lowest BCUT2D eigenvalue weighted by Crippen LogP contribution is -2.29. The van der Waals surface area contributed by atoms with Crippen molar-refractivity contribution in [3.8, 4) is 5.75 Å². The van der Waals surface area contributed by atoms with E-state index in [1.54, 1.807) is 25.4 Å². The lowest BCUT2D eigenvalue weighted by atomic mass is 10.1. The minimum atomic E-state index is -0.410. The normalized spacial score (nSPS) is 10.5. The number of rotatable bonds is 5. The number of ether oxygens (including phenoxy) is 1. The van der Waals surface area contributed by atoms with E-state index in [1.165, 1.54) is 4.57 Å². The number of pyridine rings is 1. The number of nitrogens with zero attached hydrogens (tertiary/aromatic N) is 1. The second-order valence-electron chi connectivity index (χ2n) is 6.46. The van der Waals surface area contributed by atoms with Crippen molar-refractivity contribution in [1.29, 1.82) is 0 Å². The molecule has 0 bridgehead atoms. The number of hydrogen-bond acceptors (Lipinski definition) is 3. The van der Waals surface area contributed by atoms with E-state index < -0.39 is 5.91 Å². The number of aromatic nitrogens is 1. The molecule has 0 unspecified atom stereocenters. The van der Waals surface area contributed by atoms with Crippen LogP contribution in [0.5, 0.6) is 5.75 Å². The van der Waals surface area contributed by atoms with Crippen molar-refractivity contribution >= 4 is 11.6 Å². The van der Waals surface area contributed by atoms with E-state index in [4.69, 9.17) is 4.74 Å². The summed E-state index contributed by atoms with van der Waals surface area (Å²) in [7, 11) is 1.61. The van der Waals surface area contributed by atoms with Gasteiger partial charge in [-0.25, -0.2) is 0 Å². The summed E-state index contributed by atoms with van der Waals surface area (Å²) < 4.78 is 6.67. The number of carbonyl (C=O) groups is 1. The zero-order valence-electron chi connectivity index (χ0n) is 15.7. The van der Waals surface area contributed by atoms with Crippen LogP contribution in [0.4, 0.5) is 5.69 Å². The zero-order chi connectivity index (χ0) is 19.4. The maximum atomic E-state index is 12.7. The van der Waals surface area contributed by atoms with Crippen molar-refractivity contribution in [3.05, 3.63) is 93.4 Å². The van der Waals surface area contributed by atoms with Gasteiger partial charge in [0.1, 0.15) is 11.3 Å². The van der Waals surface area contributed by atoms with E-state index >= 15 is 0 Å². The van der Waals surface area contributed by atoms with Crippen LogP contribution in [0.15, 0.2) is 65.6 Å². The Bertz CT molecular complexity index is 1020. The molecule has 1 N–H and O–H groups in total. The molecule has 0 aliphatic rings. The summed E-state index contributed by atoms with van der Waals surface area (Å²) in [4.78, 5) is 25.3.